The van der Waals surface area contributed by atoms with E-state index >= 15 is 0 Å². The first-order valence-corrected chi connectivity index (χ1v) is 7.38. The van der Waals surface area contributed by atoms with Gasteiger partial charge in [0.05, 0.1) is 13.7 Å². The van der Waals surface area contributed by atoms with Crippen LogP contribution in [-0.2, 0) is 13.2 Å². The first-order valence-electron chi connectivity index (χ1n) is 7.38. The maximum atomic E-state index is 12.0. The molecule has 0 unspecified atom stereocenters. The molecule has 0 aliphatic heterocycles. The maximum Gasteiger partial charge on any atom is 0.273 e. The number of oxazole rings is 1. The molecular weight excluding hydrogens is 328 g/mol. The molecule has 0 radical (unpaired) electrons. The molecule has 0 saturated heterocycles. The summed E-state index contributed by atoms with van der Waals surface area (Å²) in [6.45, 7) is 2.16. The summed E-state index contributed by atoms with van der Waals surface area (Å²) < 4.78 is 16.2. The standard InChI is InChI=1S/C15H16N6O4/c1-9-3-4-11(12(5-9)23-2)24-8-14-17-10(7-25-14)15(22)16-6-13-18-20-21-19-13/h3-5,7H,6,8H2,1-2H3,(H,16,22)(H,18,19,20,21). The third kappa shape index (κ3) is 4.10. The highest BCUT2D eigenvalue weighted by Crippen LogP contribution is 2.28. The molecule has 25 heavy (non-hydrogen) atoms. The number of aromatic amines is 1. The number of tetrazole rings is 1. The molecule has 1 amide bonds. The first kappa shape index (κ1) is 16.4. The summed E-state index contributed by atoms with van der Waals surface area (Å²) in [5, 5.41) is 15.8. The van der Waals surface area contributed by atoms with Crippen molar-refractivity contribution in [1.82, 2.24) is 30.9 Å². The van der Waals surface area contributed by atoms with E-state index in [0.29, 0.717) is 17.3 Å². The predicted molar refractivity (Wildman–Crippen MR) is 83.9 cm³/mol. The molecule has 3 aromatic rings. The van der Waals surface area contributed by atoms with E-state index in [4.69, 9.17) is 13.9 Å². The zero-order chi connectivity index (χ0) is 17.6. The van der Waals surface area contributed by atoms with Crippen LogP contribution in [-0.4, -0.2) is 38.6 Å². The monoisotopic (exact) mass is 344 g/mol. The summed E-state index contributed by atoms with van der Waals surface area (Å²) in [5.74, 6) is 1.41. The zero-order valence-corrected chi connectivity index (χ0v) is 13.6. The third-order valence-electron chi connectivity index (χ3n) is 3.25. The van der Waals surface area contributed by atoms with Gasteiger partial charge >= 0.3 is 0 Å². The summed E-state index contributed by atoms with van der Waals surface area (Å²) in [5.41, 5.74) is 1.19. The quantitative estimate of drug-likeness (QED) is 0.650. The Morgan fingerprint density at radius 1 is 1.36 bits per heavy atom. The van der Waals surface area contributed by atoms with Crippen LogP contribution in [0.25, 0.3) is 0 Å². The number of methoxy groups -OCH3 is 1. The van der Waals surface area contributed by atoms with Crippen molar-refractivity contribution in [2.24, 2.45) is 0 Å². The molecule has 0 bridgehead atoms. The molecule has 0 aliphatic carbocycles. The number of carbonyl (C=O) groups is 1. The molecule has 0 spiro atoms. The van der Waals surface area contributed by atoms with Gasteiger partial charge in [0.2, 0.25) is 5.89 Å². The van der Waals surface area contributed by atoms with Crippen molar-refractivity contribution < 1.29 is 18.7 Å². The van der Waals surface area contributed by atoms with Crippen molar-refractivity contribution in [2.75, 3.05) is 7.11 Å². The number of hydrogen-bond donors (Lipinski definition) is 2. The van der Waals surface area contributed by atoms with Crippen molar-refractivity contribution in [3.8, 4) is 11.5 Å². The van der Waals surface area contributed by atoms with Gasteiger partial charge in [0.1, 0.15) is 6.26 Å². The summed E-state index contributed by atoms with van der Waals surface area (Å²) in [4.78, 5) is 16.1. The molecule has 2 aromatic heterocycles. The van der Waals surface area contributed by atoms with Crippen LogP contribution in [0, 0.1) is 6.92 Å². The van der Waals surface area contributed by atoms with E-state index in [1.165, 1.54) is 6.26 Å². The molecule has 1 aromatic carbocycles. The van der Waals surface area contributed by atoms with Gasteiger partial charge in [-0.15, -0.1) is 10.2 Å². The Morgan fingerprint density at radius 2 is 2.24 bits per heavy atom. The Kier molecular flexibility index (Phi) is 4.88. The van der Waals surface area contributed by atoms with Crippen LogP contribution in [0.3, 0.4) is 0 Å². The SMILES string of the molecule is COc1cc(C)ccc1OCc1nc(C(=O)NCc2nn[nH]n2)co1. The van der Waals surface area contributed by atoms with Crippen molar-refractivity contribution >= 4 is 5.91 Å². The molecule has 2 N–H and O–H groups in total. The Balaban J connectivity index is 1.57. The lowest BCUT2D eigenvalue weighted by atomic mass is 10.2. The predicted octanol–water partition coefficient (Wildman–Crippen LogP) is 1.01. The van der Waals surface area contributed by atoms with Crippen LogP contribution in [0.5, 0.6) is 11.5 Å². The van der Waals surface area contributed by atoms with Gasteiger partial charge in [-0.25, -0.2) is 4.98 Å². The van der Waals surface area contributed by atoms with E-state index in [9.17, 15) is 4.79 Å². The van der Waals surface area contributed by atoms with Gasteiger partial charge in [-0.3, -0.25) is 4.79 Å². The van der Waals surface area contributed by atoms with Crippen LogP contribution < -0.4 is 14.8 Å². The van der Waals surface area contributed by atoms with Crippen molar-refractivity contribution in [2.45, 2.75) is 20.1 Å². The Morgan fingerprint density at radius 3 is 3.00 bits per heavy atom. The average Bonchev–Trinajstić information content (AvgIpc) is 3.30. The number of ether oxygens (including phenoxy) is 2. The minimum Gasteiger partial charge on any atom is -0.493 e. The minimum absolute atomic E-state index is 0.0670. The van der Waals surface area contributed by atoms with Crippen molar-refractivity contribution in [3.63, 3.8) is 0 Å². The molecule has 10 nitrogen and oxygen atoms in total. The molecule has 0 fully saturated rings. The van der Waals surface area contributed by atoms with Gasteiger partial charge in [-0.05, 0) is 24.6 Å². The number of aryl methyl sites for hydroxylation is 1. The number of nitrogens with zero attached hydrogens (tertiary/aromatic N) is 4. The topological polar surface area (TPSA) is 128 Å². The minimum atomic E-state index is -0.410. The highest BCUT2D eigenvalue weighted by atomic mass is 16.5. The average molecular weight is 344 g/mol. The van der Waals surface area contributed by atoms with Gasteiger partial charge in [-0.2, -0.15) is 5.21 Å². The van der Waals surface area contributed by atoms with Crippen LogP contribution >= 0.6 is 0 Å². The highest BCUT2D eigenvalue weighted by molar-refractivity contribution is 5.91. The largest absolute Gasteiger partial charge is 0.493 e. The van der Waals surface area contributed by atoms with Gasteiger partial charge in [0.15, 0.2) is 29.6 Å². The van der Waals surface area contributed by atoms with Gasteiger partial charge in [0.25, 0.3) is 5.91 Å². The Hall–Kier alpha value is -3.43. The number of amides is 1. The van der Waals surface area contributed by atoms with Crippen LogP contribution in [0.1, 0.15) is 27.8 Å². The Labute approximate surface area is 142 Å². The molecule has 10 heteroatoms. The van der Waals surface area contributed by atoms with E-state index in [1.807, 2.05) is 19.1 Å². The van der Waals surface area contributed by atoms with Crippen molar-refractivity contribution in [1.29, 1.82) is 0 Å². The summed E-state index contributed by atoms with van der Waals surface area (Å²) in [6, 6.07) is 5.57. The van der Waals surface area contributed by atoms with Crippen LogP contribution in [0.15, 0.2) is 28.9 Å². The second-order valence-electron chi connectivity index (χ2n) is 5.08. The maximum absolute atomic E-state index is 12.0. The second-order valence-corrected chi connectivity index (χ2v) is 5.08. The zero-order valence-electron chi connectivity index (χ0n) is 13.6. The first-order chi connectivity index (χ1) is 12.2. The fourth-order valence-corrected chi connectivity index (χ4v) is 2.02. The molecule has 0 atom stereocenters. The number of carbonyl (C=O) groups excluding carboxylic acids is 1. The number of benzene rings is 1. The van der Waals surface area contributed by atoms with E-state index < -0.39 is 5.91 Å². The highest BCUT2D eigenvalue weighted by Gasteiger charge is 2.14. The molecule has 0 aliphatic rings. The number of H-pyrrole nitrogens is 1. The van der Waals surface area contributed by atoms with Gasteiger partial charge in [-0.1, -0.05) is 11.3 Å². The molecule has 0 saturated carbocycles. The van der Waals surface area contributed by atoms with E-state index in [-0.39, 0.29) is 24.7 Å². The lowest BCUT2D eigenvalue weighted by Gasteiger charge is -2.09. The fourth-order valence-electron chi connectivity index (χ4n) is 2.02. The number of rotatable bonds is 7. The number of nitrogens with one attached hydrogen (secondary N) is 2. The lowest BCUT2D eigenvalue weighted by Crippen LogP contribution is -2.23. The molecule has 2 heterocycles. The molecular formula is C15H16N6O4. The van der Waals surface area contributed by atoms with Gasteiger partial charge < -0.3 is 19.2 Å². The van der Waals surface area contributed by atoms with Crippen LogP contribution in [0.4, 0.5) is 0 Å². The number of aromatic nitrogens is 5. The van der Waals surface area contributed by atoms with Gasteiger partial charge in [0, 0.05) is 0 Å². The second kappa shape index (κ2) is 7.43. The lowest BCUT2D eigenvalue weighted by molar-refractivity contribution is 0.0945. The number of hydrogen-bond acceptors (Lipinski definition) is 8. The summed E-state index contributed by atoms with van der Waals surface area (Å²) in [7, 11) is 1.57. The molecule has 3 rings (SSSR count). The Bertz CT molecular complexity index is 846. The molecule has 130 valence electrons. The third-order valence-corrected chi connectivity index (χ3v) is 3.25. The van der Waals surface area contributed by atoms with E-state index in [0.717, 1.165) is 5.56 Å². The normalized spacial score (nSPS) is 10.5. The van der Waals surface area contributed by atoms with Crippen LogP contribution in [0.2, 0.25) is 0 Å². The van der Waals surface area contributed by atoms with E-state index in [2.05, 4.69) is 30.9 Å². The van der Waals surface area contributed by atoms with E-state index in [1.54, 1.807) is 13.2 Å². The fraction of sp³-hybridized carbons (Fsp3) is 0.267. The summed E-state index contributed by atoms with van der Waals surface area (Å²) >= 11 is 0. The summed E-state index contributed by atoms with van der Waals surface area (Å²) in [6.07, 6.45) is 1.26. The smallest absolute Gasteiger partial charge is 0.273 e. The van der Waals surface area contributed by atoms with Crippen molar-refractivity contribution in [3.05, 3.63) is 47.4 Å².